The molecule has 0 amide bonds. The van der Waals surface area contributed by atoms with Crippen LogP contribution in [0.3, 0.4) is 0 Å². The predicted molar refractivity (Wildman–Crippen MR) is 120 cm³/mol. The van der Waals surface area contributed by atoms with E-state index in [0.717, 1.165) is 48.7 Å². The van der Waals surface area contributed by atoms with Gasteiger partial charge in [0.15, 0.2) is 17.5 Å². The summed E-state index contributed by atoms with van der Waals surface area (Å²) in [6.45, 7) is 7.68. The largest absolute Gasteiger partial charge is 0.490 e. The number of hydrogen-bond acceptors (Lipinski definition) is 4. The Bertz CT molecular complexity index is 651. The van der Waals surface area contributed by atoms with Gasteiger partial charge in [0.25, 0.3) is 0 Å². The van der Waals surface area contributed by atoms with Crippen molar-refractivity contribution >= 4 is 35.6 Å². The predicted octanol–water partition coefficient (Wildman–Crippen LogP) is 3.33. The maximum atomic E-state index is 5.78. The zero-order chi connectivity index (χ0) is 17.8. The number of hydrogen-bond donors (Lipinski definition) is 2. The maximum Gasteiger partial charge on any atom is 0.195 e. The molecule has 0 aromatic heterocycles. The molecule has 1 unspecified atom stereocenters. The number of likely N-dealkylation sites (tertiary alicyclic amines) is 1. The summed E-state index contributed by atoms with van der Waals surface area (Å²) in [6.07, 6.45) is 4.97. The number of anilines is 1. The molecule has 150 valence electrons. The van der Waals surface area contributed by atoms with Crippen LogP contribution >= 0.6 is 24.0 Å². The lowest BCUT2D eigenvalue weighted by molar-refractivity contribution is 0.297. The topological polar surface area (TPSA) is 58.1 Å². The molecule has 1 saturated carbocycles. The average Bonchev–Trinajstić information content (AvgIpc) is 3.43. The molecule has 1 atom stereocenters. The van der Waals surface area contributed by atoms with E-state index in [1.54, 1.807) is 0 Å². The van der Waals surface area contributed by atoms with Crippen molar-refractivity contribution < 1.29 is 9.47 Å². The summed E-state index contributed by atoms with van der Waals surface area (Å²) in [5.74, 6) is 3.14. The van der Waals surface area contributed by atoms with Crippen LogP contribution in [-0.2, 0) is 0 Å². The zero-order valence-corrected chi connectivity index (χ0v) is 18.4. The molecule has 2 heterocycles. The van der Waals surface area contributed by atoms with E-state index < -0.39 is 0 Å². The highest BCUT2D eigenvalue weighted by Gasteiger charge is 2.34. The van der Waals surface area contributed by atoms with E-state index in [2.05, 4.69) is 22.5 Å². The monoisotopic (exact) mass is 486 g/mol. The summed E-state index contributed by atoms with van der Waals surface area (Å²) in [5, 5.41) is 6.76. The molecule has 7 heteroatoms. The van der Waals surface area contributed by atoms with Crippen LogP contribution in [-0.4, -0.2) is 56.3 Å². The number of benzene rings is 1. The van der Waals surface area contributed by atoms with Crippen LogP contribution in [0.5, 0.6) is 11.5 Å². The van der Waals surface area contributed by atoms with Crippen LogP contribution in [0, 0.1) is 5.92 Å². The fourth-order valence-corrected chi connectivity index (χ4v) is 3.69. The van der Waals surface area contributed by atoms with Crippen LogP contribution in [0.15, 0.2) is 23.2 Å². The second kappa shape index (κ2) is 9.82. The summed E-state index contributed by atoms with van der Waals surface area (Å²) in [7, 11) is 0. The quantitative estimate of drug-likeness (QED) is 0.380. The van der Waals surface area contributed by atoms with Gasteiger partial charge in [-0.15, -0.1) is 24.0 Å². The van der Waals surface area contributed by atoms with Crippen LogP contribution in [0.1, 0.15) is 32.6 Å². The van der Waals surface area contributed by atoms with Crippen molar-refractivity contribution in [3.05, 3.63) is 18.2 Å². The molecule has 4 rings (SSSR count). The lowest BCUT2D eigenvalue weighted by Crippen LogP contribution is -2.31. The van der Waals surface area contributed by atoms with Gasteiger partial charge in [0, 0.05) is 43.9 Å². The molecule has 1 aromatic carbocycles. The molecule has 2 N–H and O–H groups in total. The fourth-order valence-electron chi connectivity index (χ4n) is 3.69. The fraction of sp³-hybridized carbons (Fsp3) is 0.650. The number of nitrogens with one attached hydrogen (secondary N) is 2. The Morgan fingerprint density at radius 3 is 2.78 bits per heavy atom. The van der Waals surface area contributed by atoms with Gasteiger partial charge in [0.2, 0.25) is 0 Å². The normalized spacial score (nSPS) is 22.7. The number of ether oxygens (including phenoxy) is 2. The van der Waals surface area contributed by atoms with E-state index in [9.17, 15) is 0 Å². The van der Waals surface area contributed by atoms with Crippen LogP contribution in [0.2, 0.25) is 0 Å². The molecule has 1 aromatic rings. The highest BCUT2D eigenvalue weighted by molar-refractivity contribution is 14.0. The van der Waals surface area contributed by atoms with Crippen molar-refractivity contribution in [1.82, 2.24) is 10.2 Å². The molecule has 3 aliphatic rings. The van der Waals surface area contributed by atoms with E-state index in [1.807, 2.05) is 18.2 Å². The summed E-state index contributed by atoms with van der Waals surface area (Å²) in [4.78, 5) is 7.47. The Balaban J connectivity index is 0.00000210. The SMILES string of the molecule is CCNC(=NCC1CCN(C2CC2)C1)Nc1ccc2c(c1)OCCCO2.I. The van der Waals surface area contributed by atoms with Crippen molar-refractivity contribution in [2.75, 3.05) is 44.7 Å². The first kappa shape index (κ1) is 20.5. The average molecular weight is 486 g/mol. The third-order valence-corrected chi connectivity index (χ3v) is 5.24. The molecule has 1 aliphatic carbocycles. The standard InChI is InChI=1S/C20H30N4O2.HI/c1-2-21-20(22-13-15-8-9-24(14-15)17-5-6-17)23-16-4-7-18-19(12-16)26-11-3-10-25-18;/h4,7,12,15,17H,2-3,5-6,8-11,13-14H2,1H3,(H2,21,22,23);1H. The van der Waals surface area contributed by atoms with E-state index in [-0.39, 0.29) is 24.0 Å². The summed E-state index contributed by atoms with van der Waals surface area (Å²) in [5.41, 5.74) is 0.972. The molecule has 0 bridgehead atoms. The Hall–Kier alpha value is -1.22. The Labute approximate surface area is 179 Å². The van der Waals surface area contributed by atoms with Crippen molar-refractivity contribution in [1.29, 1.82) is 0 Å². The van der Waals surface area contributed by atoms with E-state index in [1.165, 1.54) is 32.4 Å². The van der Waals surface area contributed by atoms with E-state index in [4.69, 9.17) is 14.5 Å². The van der Waals surface area contributed by atoms with Gasteiger partial charge < -0.3 is 25.0 Å². The van der Waals surface area contributed by atoms with Gasteiger partial charge in [-0.3, -0.25) is 4.99 Å². The number of halogens is 1. The number of guanidine groups is 1. The molecule has 0 spiro atoms. The molecular formula is C20H31IN4O2. The third-order valence-electron chi connectivity index (χ3n) is 5.24. The molecule has 0 radical (unpaired) electrons. The highest BCUT2D eigenvalue weighted by atomic mass is 127. The lowest BCUT2D eigenvalue weighted by atomic mass is 10.1. The maximum absolute atomic E-state index is 5.78. The van der Waals surface area contributed by atoms with Crippen molar-refractivity contribution in [3.8, 4) is 11.5 Å². The number of fused-ring (bicyclic) bond motifs is 1. The van der Waals surface area contributed by atoms with Crippen molar-refractivity contribution in [2.45, 2.75) is 38.6 Å². The van der Waals surface area contributed by atoms with Gasteiger partial charge in [0.1, 0.15) is 0 Å². The van der Waals surface area contributed by atoms with E-state index in [0.29, 0.717) is 19.1 Å². The van der Waals surface area contributed by atoms with Gasteiger partial charge in [-0.1, -0.05) is 0 Å². The smallest absolute Gasteiger partial charge is 0.195 e. The second-order valence-electron chi connectivity index (χ2n) is 7.44. The van der Waals surface area contributed by atoms with Gasteiger partial charge in [-0.05, 0) is 50.8 Å². The van der Waals surface area contributed by atoms with Crippen LogP contribution < -0.4 is 20.1 Å². The van der Waals surface area contributed by atoms with Crippen molar-refractivity contribution in [2.24, 2.45) is 10.9 Å². The lowest BCUT2D eigenvalue weighted by Gasteiger charge is -2.15. The number of aliphatic imine (C=N–C) groups is 1. The molecular weight excluding hydrogens is 455 g/mol. The second-order valence-corrected chi connectivity index (χ2v) is 7.44. The molecule has 27 heavy (non-hydrogen) atoms. The first-order valence-electron chi connectivity index (χ1n) is 10.0. The summed E-state index contributed by atoms with van der Waals surface area (Å²) >= 11 is 0. The van der Waals surface area contributed by atoms with Gasteiger partial charge >= 0.3 is 0 Å². The molecule has 2 fully saturated rings. The van der Waals surface area contributed by atoms with Gasteiger partial charge in [-0.25, -0.2) is 0 Å². The minimum Gasteiger partial charge on any atom is -0.490 e. The Kier molecular flexibility index (Phi) is 7.46. The number of nitrogens with zero attached hydrogens (tertiary/aromatic N) is 2. The summed E-state index contributed by atoms with van der Waals surface area (Å²) in [6, 6.07) is 6.86. The first-order valence-corrected chi connectivity index (χ1v) is 10.0. The minimum absolute atomic E-state index is 0. The summed E-state index contributed by atoms with van der Waals surface area (Å²) < 4.78 is 11.5. The first-order chi connectivity index (χ1) is 12.8. The molecule has 1 saturated heterocycles. The van der Waals surface area contributed by atoms with Gasteiger partial charge in [0.05, 0.1) is 13.2 Å². The van der Waals surface area contributed by atoms with Crippen molar-refractivity contribution in [3.63, 3.8) is 0 Å². The minimum atomic E-state index is 0. The highest BCUT2D eigenvalue weighted by Crippen LogP contribution is 2.33. The third kappa shape index (κ3) is 5.63. The molecule has 2 aliphatic heterocycles. The van der Waals surface area contributed by atoms with Crippen LogP contribution in [0.4, 0.5) is 5.69 Å². The zero-order valence-electron chi connectivity index (χ0n) is 16.1. The Morgan fingerprint density at radius 2 is 2.00 bits per heavy atom. The molecule has 6 nitrogen and oxygen atoms in total. The van der Waals surface area contributed by atoms with Gasteiger partial charge in [-0.2, -0.15) is 0 Å². The number of rotatable bonds is 5. The van der Waals surface area contributed by atoms with Crippen LogP contribution in [0.25, 0.3) is 0 Å². The van der Waals surface area contributed by atoms with E-state index >= 15 is 0 Å². The Morgan fingerprint density at radius 1 is 1.19 bits per heavy atom.